The second-order valence-corrected chi connectivity index (χ2v) is 6.51. The monoisotopic (exact) mass is 331 g/mol. The number of rotatable bonds is 4. The lowest BCUT2D eigenvalue weighted by Gasteiger charge is -2.17. The maximum absolute atomic E-state index is 12.8. The van der Waals surface area contributed by atoms with Crippen molar-refractivity contribution in [1.29, 1.82) is 0 Å². The van der Waals surface area contributed by atoms with Gasteiger partial charge in [0.15, 0.2) is 5.16 Å². The predicted octanol–water partition coefficient (Wildman–Crippen LogP) is 3.53. The Kier molecular flexibility index (Phi) is 4.91. The number of aryl methyl sites for hydroxylation is 2. The van der Waals surface area contributed by atoms with Crippen LogP contribution in [-0.4, -0.2) is 21.6 Å². The number of thioether (sulfide) groups is 1. The number of benzene rings is 1. The van der Waals surface area contributed by atoms with Gasteiger partial charge in [0.05, 0.1) is 5.75 Å². The molecule has 2 aromatic rings. The molecule has 0 fully saturated rings. The highest BCUT2D eigenvalue weighted by Gasteiger charge is 2.16. The number of aromatic nitrogens is 2. The van der Waals surface area contributed by atoms with Gasteiger partial charge in [-0.05, 0) is 62.4 Å². The summed E-state index contributed by atoms with van der Waals surface area (Å²) in [6.45, 7) is 2.01. The lowest BCUT2D eigenvalue weighted by atomic mass is 9.95. The van der Waals surface area contributed by atoms with E-state index in [4.69, 9.17) is 0 Å². The van der Waals surface area contributed by atoms with E-state index in [1.807, 2.05) is 6.92 Å². The molecule has 0 spiro atoms. The molecular weight excluding hydrogens is 313 g/mol. The summed E-state index contributed by atoms with van der Waals surface area (Å²) in [6, 6.07) is 5.71. The highest BCUT2D eigenvalue weighted by atomic mass is 32.2. The Morgan fingerprint density at radius 3 is 2.74 bits per heavy atom. The van der Waals surface area contributed by atoms with Gasteiger partial charge < -0.3 is 5.32 Å². The first kappa shape index (κ1) is 15.9. The van der Waals surface area contributed by atoms with E-state index in [1.165, 1.54) is 54.4 Å². The van der Waals surface area contributed by atoms with Crippen molar-refractivity contribution in [3.8, 4) is 0 Å². The summed E-state index contributed by atoms with van der Waals surface area (Å²) >= 11 is 1.33. The molecule has 4 nitrogen and oxygen atoms in total. The molecule has 1 aliphatic carbocycles. The second-order valence-electron chi connectivity index (χ2n) is 5.57. The largest absolute Gasteiger partial charge is 0.325 e. The van der Waals surface area contributed by atoms with Gasteiger partial charge in [-0.3, -0.25) is 4.79 Å². The van der Waals surface area contributed by atoms with Crippen molar-refractivity contribution in [2.75, 3.05) is 11.1 Å². The van der Waals surface area contributed by atoms with Gasteiger partial charge in [-0.15, -0.1) is 0 Å². The second kappa shape index (κ2) is 7.08. The molecule has 1 aliphatic rings. The Balaban J connectivity index is 1.60. The van der Waals surface area contributed by atoms with Crippen LogP contribution in [0.25, 0.3) is 0 Å². The summed E-state index contributed by atoms with van der Waals surface area (Å²) < 4.78 is 12.8. The van der Waals surface area contributed by atoms with Crippen molar-refractivity contribution in [2.24, 2.45) is 0 Å². The minimum Gasteiger partial charge on any atom is -0.325 e. The Hall–Kier alpha value is -1.95. The van der Waals surface area contributed by atoms with Crippen LogP contribution < -0.4 is 5.32 Å². The molecular formula is C17H18FN3OS. The average Bonchev–Trinajstić information content (AvgIpc) is 2.55. The van der Waals surface area contributed by atoms with Crippen molar-refractivity contribution in [3.63, 3.8) is 0 Å². The van der Waals surface area contributed by atoms with Crippen LogP contribution in [0, 0.1) is 12.7 Å². The van der Waals surface area contributed by atoms with E-state index in [0.717, 1.165) is 24.2 Å². The van der Waals surface area contributed by atoms with Crippen molar-refractivity contribution in [3.05, 3.63) is 47.0 Å². The minimum atomic E-state index is -0.324. The number of fused-ring (bicyclic) bond motifs is 1. The third-order valence-corrected chi connectivity index (χ3v) is 4.68. The molecule has 0 unspecified atom stereocenters. The van der Waals surface area contributed by atoms with Crippen LogP contribution in [-0.2, 0) is 17.6 Å². The molecule has 3 rings (SSSR count). The standard InChI is InChI=1S/C17H18FN3OS/c1-11-14-4-2-3-5-15(14)21-17(19-11)23-10-16(22)20-13-8-6-12(18)7-9-13/h6-9H,2-5,10H2,1H3,(H,20,22). The number of nitrogens with zero attached hydrogens (tertiary/aromatic N) is 2. The molecule has 0 radical (unpaired) electrons. The number of hydrogen-bond acceptors (Lipinski definition) is 4. The fourth-order valence-corrected chi connectivity index (χ4v) is 3.39. The quantitative estimate of drug-likeness (QED) is 0.688. The van der Waals surface area contributed by atoms with Crippen LogP contribution in [0.5, 0.6) is 0 Å². The van der Waals surface area contributed by atoms with E-state index in [-0.39, 0.29) is 17.5 Å². The number of halogens is 1. The summed E-state index contributed by atoms with van der Waals surface area (Å²) in [6.07, 6.45) is 4.41. The van der Waals surface area contributed by atoms with Gasteiger partial charge in [-0.2, -0.15) is 0 Å². The zero-order valence-electron chi connectivity index (χ0n) is 12.9. The fraction of sp³-hybridized carbons (Fsp3) is 0.353. The topological polar surface area (TPSA) is 54.9 Å². The van der Waals surface area contributed by atoms with Crippen LogP contribution in [0.4, 0.5) is 10.1 Å². The van der Waals surface area contributed by atoms with E-state index in [9.17, 15) is 9.18 Å². The van der Waals surface area contributed by atoms with Crippen LogP contribution in [0.2, 0.25) is 0 Å². The third kappa shape index (κ3) is 4.07. The third-order valence-electron chi connectivity index (χ3n) is 3.83. The highest BCUT2D eigenvalue weighted by molar-refractivity contribution is 7.99. The Bertz CT molecular complexity index is 719. The first-order chi connectivity index (χ1) is 11.1. The van der Waals surface area contributed by atoms with E-state index in [1.54, 1.807) is 0 Å². The lowest BCUT2D eigenvalue weighted by Crippen LogP contribution is -2.15. The zero-order chi connectivity index (χ0) is 16.2. The van der Waals surface area contributed by atoms with E-state index < -0.39 is 0 Å². The molecule has 6 heteroatoms. The van der Waals surface area contributed by atoms with Gasteiger partial charge in [-0.25, -0.2) is 14.4 Å². The fourth-order valence-electron chi connectivity index (χ4n) is 2.68. The minimum absolute atomic E-state index is 0.152. The molecule has 1 aromatic heterocycles. The van der Waals surface area contributed by atoms with Crippen LogP contribution in [0.15, 0.2) is 29.4 Å². The zero-order valence-corrected chi connectivity index (χ0v) is 13.8. The lowest BCUT2D eigenvalue weighted by molar-refractivity contribution is -0.113. The van der Waals surface area contributed by atoms with Gasteiger partial charge in [0.2, 0.25) is 5.91 Å². The molecule has 1 N–H and O–H groups in total. The molecule has 0 bridgehead atoms. The van der Waals surface area contributed by atoms with Gasteiger partial charge in [0, 0.05) is 17.1 Å². The van der Waals surface area contributed by atoms with E-state index in [0.29, 0.717) is 10.8 Å². The van der Waals surface area contributed by atoms with Gasteiger partial charge in [0.25, 0.3) is 0 Å². The van der Waals surface area contributed by atoms with Crippen molar-refractivity contribution < 1.29 is 9.18 Å². The summed E-state index contributed by atoms with van der Waals surface area (Å²) in [4.78, 5) is 21.0. The molecule has 0 atom stereocenters. The van der Waals surface area contributed by atoms with Gasteiger partial charge in [-0.1, -0.05) is 11.8 Å². The van der Waals surface area contributed by atoms with Crippen LogP contribution in [0.3, 0.4) is 0 Å². The number of amides is 1. The molecule has 1 heterocycles. The summed E-state index contributed by atoms with van der Waals surface area (Å²) in [5, 5.41) is 3.38. The summed E-state index contributed by atoms with van der Waals surface area (Å²) in [7, 11) is 0. The van der Waals surface area contributed by atoms with Gasteiger partial charge >= 0.3 is 0 Å². The number of hydrogen-bond donors (Lipinski definition) is 1. The SMILES string of the molecule is Cc1nc(SCC(=O)Nc2ccc(F)cc2)nc2c1CCCC2. The molecule has 1 amide bonds. The molecule has 1 aromatic carbocycles. The molecule has 0 saturated heterocycles. The number of nitrogens with one attached hydrogen (secondary N) is 1. The Labute approximate surface area is 138 Å². The maximum atomic E-state index is 12.8. The molecule has 0 aliphatic heterocycles. The smallest absolute Gasteiger partial charge is 0.234 e. The highest BCUT2D eigenvalue weighted by Crippen LogP contribution is 2.24. The number of carbonyl (C=O) groups excluding carboxylic acids is 1. The predicted molar refractivity (Wildman–Crippen MR) is 89.2 cm³/mol. The van der Waals surface area contributed by atoms with Gasteiger partial charge in [0.1, 0.15) is 5.82 Å². The summed E-state index contributed by atoms with van der Waals surface area (Å²) in [5.41, 5.74) is 4.01. The average molecular weight is 331 g/mol. The molecule has 0 saturated carbocycles. The number of anilines is 1. The Morgan fingerprint density at radius 2 is 1.96 bits per heavy atom. The molecule has 120 valence electrons. The van der Waals surface area contributed by atoms with E-state index >= 15 is 0 Å². The van der Waals surface area contributed by atoms with Crippen molar-refractivity contribution >= 4 is 23.4 Å². The van der Waals surface area contributed by atoms with E-state index in [2.05, 4.69) is 15.3 Å². The van der Waals surface area contributed by atoms with Crippen LogP contribution in [0.1, 0.15) is 29.8 Å². The Morgan fingerprint density at radius 1 is 1.22 bits per heavy atom. The van der Waals surface area contributed by atoms with Crippen molar-refractivity contribution in [2.45, 2.75) is 37.8 Å². The summed E-state index contributed by atoms with van der Waals surface area (Å²) in [5.74, 6) is -0.244. The first-order valence-corrected chi connectivity index (χ1v) is 8.65. The first-order valence-electron chi connectivity index (χ1n) is 7.66. The molecule has 23 heavy (non-hydrogen) atoms. The normalized spacial score (nSPS) is 13.5. The van der Waals surface area contributed by atoms with Crippen molar-refractivity contribution in [1.82, 2.24) is 9.97 Å². The number of carbonyl (C=O) groups is 1. The van der Waals surface area contributed by atoms with Crippen LogP contribution >= 0.6 is 11.8 Å². The maximum Gasteiger partial charge on any atom is 0.234 e.